The zero-order valence-electron chi connectivity index (χ0n) is 14.9. The lowest BCUT2D eigenvalue weighted by molar-refractivity contribution is 0.102. The van der Waals surface area contributed by atoms with Crippen molar-refractivity contribution in [2.45, 2.75) is 31.3 Å². The van der Waals surface area contributed by atoms with Crippen LogP contribution in [0.1, 0.15) is 36.7 Å². The average Bonchev–Trinajstić information content (AvgIpc) is 3.08. The molecule has 0 atom stereocenters. The number of carbonyl (C=O) groups excluding carboxylic acids is 1. The van der Waals surface area contributed by atoms with Gasteiger partial charge in [0.15, 0.2) is 5.78 Å². The summed E-state index contributed by atoms with van der Waals surface area (Å²) in [5.41, 5.74) is 2.65. The number of rotatable bonds is 5. The number of hydrogen-bond donors (Lipinski definition) is 1. The van der Waals surface area contributed by atoms with Crippen LogP contribution in [-0.2, 0) is 5.41 Å². The molecule has 1 aromatic heterocycles. The highest BCUT2D eigenvalue weighted by molar-refractivity contribution is 7.99. The molecular formula is C19H20N4O2S. The van der Waals surface area contributed by atoms with Crippen LogP contribution in [0, 0.1) is 0 Å². The Bertz CT molecular complexity index is 897. The van der Waals surface area contributed by atoms with Crippen LogP contribution in [-0.4, -0.2) is 36.8 Å². The van der Waals surface area contributed by atoms with E-state index in [0.717, 1.165) is 5.69 Å². The van der Waals surface area contributed by atoms with E-state index in [4.69, 9.17) is 0 Å². The normalized spacial score (nSPS) is 11.5. The van der Waals surface area contributed by atoms with Crippen molar-refractivity contribution in [1.29, 1.82) is 0 Å². The molecule has 134 valence electrons. The van der Waals surface area contributed by atoms with Gasteiger partial charge in [0.2, 0.25) is 5.16 Å². The fraction of sp³-hybridized carbons (Fsp3) is 0.263. The fourth-order valence-electron chi connectivity index (χ4n) is 2.39. The topological polar surface area (TPSA) is 80.9 Å². The van der Waals surface area contributed by atoms with Gasteiger partial charge in [-0.3, -0.25) is 4.79 Å². The van der Waals surface area contributed by atoms with Crippen LogP contribution >= 0.6 is 11.8 Å². The van der Waals surface area contributed by atoms with Gasteiger partial charge in [-0.1, -0.05) is 56.8 Å². The second kappa shape index (κ2) is 7.29. The molecule has 3 aromatic rings. The van der Waals surface area contributed by atoms with Crippen LogP contribution in [0.15, 0.2) is 53.7 Å². The zero-order valence-corrected chi connectivity index (χ0v) is 15.7. The highest BCUT2D eigenvalue weighted by Gasteiger charge is 2.16. The van der Waals surface area contributed by atoms with E-state index in [9.17, 15) is 9.90 Å². The SMILES string of the molecule is CC(C)(C)c1ccc(C(=O)CSc2nnnn2-c2ccc(O)cc2)cc1. The van der Waals surface area contributed by atoms with Crippen LogP contribution < -0.4 is 0 Å². The van der Waals surface area contributed by atoms with E-state index in [0.29, 0.717) is 10.7 Å². The first-order valence-electron chi connectivity index (χ1n) is 8.19. The third kappa shape index (κ3) is 4.11. The number of benzene rings is 2. The van der Waals surface area contributed by atoms with Crippen molar-refractivity contribution < 1.29 is 9.90 Å². The van der Waals surface area contributed by atoms with Crippen LogP contribution in [0.3, 0.4) is 0 Å². The molecule has 2 aromatic carbocycles. The molecule has 0 amide bonds. The number of ketones is 1. The van der Waals surface area contributed by atoms with Crippen molar-refractivity contribution in [3.05, 3.63) is 59.7 Å². The Morgan fingerprint density at radius 3 is 2.35 bits per heavy atom. The Kier molecular flexibility index (Phi) is 5.08. The van der Waals surface area contributed by atoms with Gasteiger partial charge in [0.25, 0.3) is 0 Å². The predicted molar refractivity (Wildman–Crippen MR) is 101 cm³/mol. The van der Waals surface area contributed by atoms with Gasteiger partial charge in [0.05, 0.1) is 11.4 Å². The molecule has 0 aliphatic carbocycles. The van der Waals surface area contributed by atoms with Gasteiger partial charge >= 0.3 is 0 Å². The van der Waals surface area contributed by atoms with Crippen molar-refractivity contribution in [3.8, 4) is 11.4 Å². The standard InChI is InChI=1S/C19H20N4O2S/c1-19(2,3)14-6-4-13(5-7-14)17(25)12-26-18-20-21-22-23(18)15-8-10-16(24)11-9-15/h4-11,24H,12H2,1-3H3. The number of phenolic OH excluding ortho intramolecular Hbond substituents is 1. The quantitative estimate of drug-likeness (QED) is 0.547. The summed E-state index contributed by atoms with van der Waals surface area (Å²) in [6.07, 6.45) is 0. The maximum atomic E-state index is 12.5. The molecule has 0 radical (unpaired) electrons. The van der Waals surface area contributed by atoms with E-state index in [2.05, 4.69) is 36.3 Å². The molecule has 0 saturated heterocycles. The van der Waals surface area contributed by atoms with Gasteiger partial charge < -0.3 is 5.11 Å². The van der Waals surface area contributed by atoms with Crippen molar-refractivity contribution in [3.63, 3.8) is 0 Å². The second-order valence-electron chi connectivity index (χ2n) is 6.93. The summed E-state index contributed by atoms with van der Waals surface area (Å²) >= 11 is 1.28. The smallest absolute Gasteiger partial charge is 0.214 e. The van der Waals surface area contributed by atoms with Crippen molar-refractivity contribution >= 4 is 17.5 Å². The molecule has 6 nitrogen and oxygen atoms in total. The number of Topliss-reactive ketones (excluding diaryl/α,β-unsaturated/α-hetero) is 1. The number of aromatic hydroxyl groups is 1. The number of hydrogen-bond acceptors (Lipinski definition) is 6. The Balaban J connectivity index is 1.69. The van der Waals surface area contributed by atoms with Gasteiger partial charge in [-0.15, -0.1) is 5.10 Å². The van der Waals surface area contributed by atoms with Gasteiger partial charge in [0.1, 0.15) is 5.75 Å². The summed E-state index contributed by atoms with van der Waals surface area (Å²) in [6.45, 7) is 6.43. The van der Waals surface area contributed by atoms with E-state index >= 15 is 0 Å². The first-order valence-corrected chi connectivity index (χ1v) is 9.17. The lowest BCUT2D eigenvalue weighted by atomic mass is 9.86. The molecule has 0 saturated carbocycles. The lowest BCUT2D eigenvalue weighted by Crippen LogP contribution is -2.11. The maximum Gasteiger partial charge on any atom is 0.214 e. The van der Waals surface area contributed by atoms with Gasteiger partial charge in [-0.2, -0.15) is 4.68 Å². The molecule has 3 rings (SSSR count). The number of phenols is 1. The van der Waals surface area contributed by atoms with E-state index in [1.54, 1.807) is 28.9 Å². The molecule has 0 unspecified atom stereocenters. The number of tetrazole rings is 1. The molecule has 1 heterocycles. The first kappa shape index (κ1) is 18.1. The zero-order chi connectivity index (χ0) is 18.7. The number of aromatic nitrogens is 4. The van der Waals surface area contributed by atoms with Crippen LogP contribution in [0.4, 0.5) is 0 Å². The Morgan fingerprint density at radius 1 is 1.08 bits per heavy atom. The molecule has 0 bridgehead atoms. The largest absolute Gasteiger partial charge is 0.508 e. The predicted octanol–water partition coefficient (Wildman–Crippen LogP) is 3.64. The molecule has 0 fully saturated rings. The second-order valence-corrected chi connectivity index (χ2v) is 7.87. The highest BCUT2D eigenvalue weighted by atomic mass is 32.2. The Morgan fingerprint density at radius 2 is 1.73 bits per heavy atom. The van der Waals surface area contributed by atoms with Crippen LogP contribution in [0.2, 0.25) is 0 Å². The van der Waals surface area contributed by atoms with Gasteiger partial charge in [-0.25, -0.2) is 0 Å². The average molecular weight is 368 g/mol. The Hall–Kier alpha value is -2.67. The minimum atomic E-state index is 0.0238. The minimum absolute atomic E-state index is 0.0238. The first-order chi connectivity index (χ1) is 12.3. The molecule has 0 spiro atoms. The number of carbonyl (C=O) groups is 1. The minimum Gasteiger partial charge on any atom is -0.508 e. The summed E-state index contributed by atoms with van der Waals surface area (Å²) in [4.78, 5) is 12.5. The molecular weight excluding hydrogens is 348 g/mol. The summed E-state index contributed by atoms with van der Waals surface area (Å²) < 4.78 is 1.54. The summed E-state index contributed by atoms with van der Waals surface area (Å²) in [5, 5.41) is 21.5. The van der Waals surface area contributed by atoms with Gasteiger partial charge in [-0.05, 0) is 45.7 Å². The lowest BCUT2D eigenvalue weighted by Gasteiger charge is -2.18. The molecule has 7 heteroatoms. The molecule has 26 heavy (non-hydrogen) atoms. The van der Waals surface area contributed by atoms with Gasteiger partial charge in [0, 0.05) is 5.56 Å². The van der Waals surface area contributed by atoms with Crippen LogP contribution in [0.25, 0.3) is 5.69 Å². The third-order valence-electron chi connectivity index (χ3n) is 3.94. The number of thioether (sulfide) groups is 1. The maximum absolute atomic E-state index is 12.5. The van der Waals surface area contributed by atoms with Crippen molar-refractivity contribution in [2.24, 2.45) is 0 Å². The fourth-order valence-corrected chi connectivity index (χ4v) is 3.18. The van der Waals surface area contributed by atoms with Crippen molar-refractivity contribution in [1.82, 2.24) is 20.2 Å². The monoisotopic (exact) mass is 368 g/mol. The van der Waals surface area contributed by atoms with E-state index in [-0.39, 0.29) is 22.7 Å². The molecule has 0 aliphatic heterocycles. The summed E-state index contributed by atoms with van der Waals surface area (Å²) in [6, 6.07) is 14.3. The summed E-state index contributed by atoms with van der Waals surface area (Å²) in [7, 11) is 0. The number of nitrogens with zero attached hydrogens (tertiary/aromatic N) is 4. The highest BCUT2D eigenvalue weighted by Crippen LogP contribution is 2.24. The van der Waals surface area contributed by atoms with E-state index < -0.39 is 0 Å². The van der Waals surface area contributed by atoms with E-state index in [1.165, 1.54) is 17.3 Å². The Labute approximate surface area is 156 Å². The van der Waals surface area contributed by atoms with E-state index in [1.807, 2.05) is 24.3 Å². The third-order valence-corrected chi connectivity index (χ3v) is 4.86. The van der Waals surface area contributed by atoms with Crippen molar-refractivity contribution in [2.75, 3.05) is 5.75 Å². The molecule has 1 N–H and O–H groups in total. The van der Waals surface area contributed by atoms with Crippen LogP contribution in [0.5, 0.6) is 5.75 Å². The molecule has 0 aliphatic rings. The summed E-state index contributed by atoms with van der Waals surface area (Å²) in [5.74, 6) is 0.438.